The first-order valence-corrected chi connectivity index (χ1v) is 8.09. The van der Waals surface area contributed by atoms with Crippen molar-refractivity contribution in [1.29, 1.82) is 0 Å². The Balaban J connectivity index is 2.37. The van der Waals surface area contributed by atoms with Gasteiger partial charge < -0.3 is 9.67 Å². The Morgan fingerprint density at radius 2 is 2.10 bits per heavy atom. The SMILES string of the molecule is CC(C)CN(C)S(=O)(=O)c1cc(C(=O)O)n(C2CC2)c1. The van der Waals surface area contributed by atoms with E-state index >= 15 is 0 Å². The molecule has 0 amide bonds. The van der Waals surface area contributed by atoms with Gasteiger partial charge in [-0.2, -0.15) is 0 Å². The van der Waals surface area contributed by atoms with Crippen LogP contribution in [-0.2, 0) is 10.0 Å². The number of sulfonamides is 1. The van der Waals surface area contributed by atoms with Crippen LogP contribution in [0.15, 0.2) is 17.2 Å². The first-order valence-electron chi connectivity index (χ1n) is 6.65. The van der Waals surface area contributed by atoms with Crippen molar-refractivity contribution >= 4 is 16.0 Å². The lowest BCUT2D eigenvalue weighted by Gasteiger charge is -2.18. The van der Waals surface area contributed by atoms with Gasteiger partial charge in [0.25, 0.3) is 0 Å². The number of carbonyl (C=O) groups is 1. The summed E-state index contributed by atoms with van der Waals surface area (Å²) < 4.78 is 27.7. The Labute approximate surface area is 119 Å². The molecule has 20 heavy (non-hydrogen) atoms. The summed E-state index contributed by atoms with van der Waals surface area (Å²) in [5, 5.41) is 9.18. The van der Waals surface area contributed by atoms with E-state index in [1.165, 1.54) is 23.6 Å². The maximum absolute atomic E-state index is 12.4. The van der Waals surface area contributed by atoms with E-state index in [0.717, 1.165) is 12.8 Å². The molecule has 1 N–H and O–H groups in total. The molecular formula is C13H20N2O4S. The molecule has 1 heterocycles. The van der Waals surface area contributed by atoms with E-state index in [1.807, 2.05) is 13.8 Å². The van der Waals surface area contributed by atoms with Crippen molar-refractivity contribution in [2.75, 3.05) is 13.6 Å². The van der Waals surface area contributed by atoms with E-state index in [4.69, 9.17) is 0 Å². The molecule has 1 saturated carbocycles. The van der Waals surface area contributed by atoms with Crippen LogP contribution in [0.5, 0.6) is 0 Å². The molecule has 1 aliphatic carbocycles. The van der Waals surface area contributed by atoms with Gasteiger partial charge in [0.15, 0.2) is 0 Å². The molecule has 0 atom stereocenters. The summed E-state index contributed by atoms with van der Waals surface area (Å²) >= 11 is 0. The van der Waals surface area contributed by atoms with Crippen LogP contribution in [0.4, 0.5) is 0 Å². The van der Waals surface area contributed by atoms with Gasteiger partial charge in [-0.25, -0.2) is 17.5 Å². The van der Waals surface area contributed by atoms with Gasteiger partial charge in [0.05, 0.1) is 0 Å². The second-order valence-corrected chi connectivity index (χ2v) is 7.73. The summed E-state index contributed by atoms with van der Waals surface area (Å²) in [6.45, 7) is 4.27. The predicted molar refractivity (Wildman–Crippen MR) is 74.3 cm³/mol. The monoisotopic (exact) mass is 300 g/mol. The van der Waals surface area contributed by atoms with Crippen LogP contribution in [0.1, 0.15) is 43.2 Å². The molecule has 1 aromatic heterocycles. The van der Waals surface area contributed by atoms with Crippen LogP contribution >= 0.6 is 0 Å². The lowest BCUT2D eigenvalue weighted by Crippen LogP contribution is -2.30. The highest BCUT2D eigenvalue weighted by Crippen LogP contribution is 2.37. The zero-order valence-electron chi connectivity index (χ0n) is 11.9. The summed E-state index contributed by atoms with van der Waals surface area (Å²) in [7, 11) is -2.11. The fourth-order valence-corrected chi connectivity index (χ4v) is 3.58. The Hall–Kier alpha value is -1.34. The number of aromatic carboxylic acids is 1. The summed E-state index contributed by atoms with van der Waals surface area (Å²) in [4.78, 5) is 11.3. The number of aromatic nitrogens is 1. The van der Waals surface area contributed by atoms with Crippen molar-refractivity contribution in [3.63, 3.8) is 0 Å². The first-order chi connectivity index (χ1) is 9.23. The van der Waals surface area contributed by atoms with Crippen molar-refractivity contribution in [3.05, 3.63) is 18.0 Å². The van der Waals surface area contributed by atoms with Crippen LogP contribution in [0, 0.1) is 5.92 Å². The number of hydrogen-bond acceptors (Lipinski definition) is 3. The minimum absolute atomic E-state index is 0.0454. The van der Waals surface area contributed by atoms with E-state index in [9.17, 15) is 18.3 Å². The molecule has 112 valence electrons. The number of nitrogens with zero attached hydrogens (tertiary/aromatic N) is 2. The number of rotatable bonds is 6. The zero-order valence-corrected chi connectivity index (χ0v) is 12.7. The second kappa shape index (κ2) is 5.21. The highest BCUT2D eigenvalue weighted by atomic mass is 32.2. The number of carboxylic acid groups (broad SMARTS) is 1. The molecular weight excluding hydrogens is 280 g/mol. The molecule has 0 aromatic carbocycles. The molecule has 7 heteroatoms. The van der Waals surface area contributed by atoms with Crippen LogP contribution in [0.25, 0.3) is 0 Å². The van der Waals surface area contributed by atoms with Gasteiger partial charge in [0.2, 0.25) is 10.0 Å². The van der Waals surface area contributed by atoms with Gasteiger partial charge in [-0.3, -0.25) is 0 Å². The maximum atomic E-state index is 12.4. The third-order valence-electron chi connectivity index (χ3n) is 3.31. The molecule has 6 nitrogen and oxygen atoms in total. The number of hydrogen-bond donors (Lipinski definition) is 1. The van der Waals surface area contributed by atoms with Crippen molar-refractivity contribution in [3.8, 4) is 0 Å². The van der Waals surface area contributed by atoms with Crippen molar-refractivity contribution in [2.45, 2.75) is 37.6 Å². The minimum atomic E-state index is -3.63. The number of carboxylic acids is 1. The zero-order chi connectivity index (χ0) is 15.1. The predicted octanol–water partition coefficient (Wildman–Crippen LogP) is 1.80. The molecule has 2 rings (SSSR count). The fourth-order valence-electron chi connectivity index (χ4n) is 2.21. The summed E-state index contributed by atoms with van der Waals surface area (Å²) in [5.41, 5.74) is 0.0454. The van der Waals surface area contributed by atoms with E-state index in [0.29, 0.717) is 6.54 Å². The average Bonchev–Trinajstić information content (AvgIpc) is 3.06. The van der Waals surface area contributed by atoms with Crippen LogP contribution in [0.3, 0.4) is 0 Å². The highest BCUT2D eigenvalue weighted by molar-refractivity contribution is 7.89. The van der Waals surface area contributed by atoms with E-state index < -0.39 is 16.0 Å². The Morgan fingerprint density at radius 3 is 2.55 bits per heavy atom. The van der Waals surface area contributed by atoms with Crippen LogP contribution in [-0.4, -0.2) is 42.0 Å². The molecule has 0 saturated heterocycles. The molecule has 0 spiro atoms. The minimum Gasteiger partial charge on any atom is -0.477 e. The Kier molecular flexibility index (Phi) is 3.93. The topological polar surface area (TPSA) is 79.6 Å². The average molecular weight is 300 g/mol. The fraction of sp³-hybridized carbons (Fsp3) is 0.615. The van der Waals surface area contributed by atoms with Crippen LogP contribution in [0.2, 0.25) is 0 Å². The standard InChI is InChI=1S/C13H20N2O4S/c1-9(2)7-14(3)20(18,19)11-6-12(13(16)17)15(8-11)10-4-5-10/h6,8-10H,4-5,7H2,1-3H3,(H,16,17). The smallest absolute Gasteiger partial charge is 0.352 e. The largest absolute Gasteiger partial charge is 0.477 e. The lowest BCUT2D eigenvalue weighted by molar-refractivity contribution is 0.0685. The van der Waals surface area contributed by atoms with Crippen molar-refractivity contribution in [2.24, 2.45) is 5.92 Å². The van der Waals surface area contributed by atoms with Gasteiger partial charge >= 0.3 is 5.97 Å². The molecule has 0 radical (unpaired) electrons. The molecule has 0 unspecified atom stereocenters. The van der Waals surface area contributed by atoms with Gasteiger partial charge in [-0.15, -0.1) is 0 Å². The van der Waals surface area contributed by atoms with E-state index in [1.54, 1.807) is 4.57 Å². The van der Waals surface area contributed by atoms with Gasteiger partial charge in [-0.1, -0.05) is 13.8 Å². The Bertz CT molecular complexity index is 614. The van der Waals surface area contributed by atoms with Crippen molar-refractivity contribution in [1.82, 2.24) is 8.87 Å². The van der Waals surface area contributed by atoms with Gasteiger partial charge in [0.1, 0.15) is 10.6 Å². The third kappa shape index (κ3) is 2.88. The van der Waals surface area contributed by atoms with Crippen LogP contribution < -0.4 is 0 Å². The van der Waals surface area contributed by atoms with Gasteiger partial charge in [0, 0.05) is 25.8 Å². The second-order valence-electron chi connectivity index (χ2n) is 5.68. The third-order valence-corrected chi connectivity index (χ3v) is 5.10. The van der Waals surface area contributed by atoms with E-state index in [-0.39, 0.29) is 22.5 Å². The highest BCUT2D eigenvalue weighted by Gasteiger charge is 2.31. The molecule has 1 aromatic rings. The normalized spacial score (nSPS) is 16.1. The van der Waals surface area contributed by atoms with Gasteiger partial charge in [-0.05, 0) is 24.8 Å². The molecule has 0 bridgehead atoms. The Morgan fingerprint density at radius 1 is 1.50 bits per heavy atom. The van der Waals surface area contributed by atoms with E-state index in [2.05, 4.69) is 0 Å². The molecule has 1 aliphatic rings. The van der Waals surface area contributed by atoms with Crippen molar-refractivity contribution < 1.29 is 18.3 Å². The quantitative estimate of drug-likeness (QED) is 0.868. The maximum Gasteiger partial charge on any atom is 0.352 e. The summed E-state index contributed by atoms with van der Waals surface area (Å²) in [6, 6.07) is 1.38. The molecule has 0 aliphatic heterocycles. The summed E-state index contributed by atoms with van der Waals surface area (Å²) in [5.74, 6) is -0.885. The summed E-state index contributed by atoms with van der Waals surface area (Å²) in [6.07, 6.45) is 3.25. The lowest BCUT2D eigenvalue weighted by atomic mass is 10.2. The first kappa shape index (κ1) is 15.1. The molecule has 1 fully saturated rings.